The van der Waals surface area contributed by atoms with E-state index in [1.807, 2.05) is 72.8 Å². The Labute approximate surface area is 378 Å². The fourth-order valence-electron chi connectivity index (χ4n) is 9.70. The quantitative estimate of drug-likeness (QED) is 0.142. The monoisotopic (exact) mass is 848 g/mol. The molecule has 13 rings (SSSR count). The summed E-state index contributed by atoms with van der Waals surface area (Å²) in [7, 11) is 0. The molecule has 8 nitrogen and oxygen atoms in total. The van der Waals surface area contributed by atoms with Gasteiger partial charge in [-0.25, -0.2) is 0 Å². The minimum absolute atomic E-state index is 0.377. The molecule has 0 bridgehead atoms. The number of aromatic nitrogens is 6. The van der Waals surface area contributed by atoms with Crippen molar-refractivity contribution in [3.8, 4) is 79.7 Å². The van der Waals surface area contributed by atoms with Gasteiger partial charge in [-0.15, -0.1) is 10.2 Å². The van der Waals surface area contributed by atoms with Gasteiger partial charge < -0.3 is 8.83 Å². The molecule has 0 aliphatic carbocycles. The molecule has 0 aliphatic heterocycles. The number of rotatable bonds is 8. The maximum Gasteiger partial charge on any atom is 0.327 e. The Morgan fingerprint density at radius 1 is 0.258 bits per heavy atom. The predicted molar refractivity (Wildman–Crippen MR) is 263 cm³/mol. The van der Waals surface area contributed by atoms with Crippen molar-refractivity contribution in [3.63, 3.8) is 0 Å². The average Bonchev–Trinajstić information content (AvgIpc) is 4.22. The van der Waals surface area contributed by atoms with Crippen LogP contribution in [0.25, 0.3) is 123 Å². The molecule has 0 unspecified atom stereocenters. The Morgan fingerprint density at radius 2 is 0.545 bits per heavy atom. The number of benzene rings is 9. The van der Waals surface area contributed by atoms with Crippen LogP contribution in [0.4, 0.5) is 0 Å². The van der Waals surface area contributed by atoms with Gasteiger partial charge >= 0.3 is 12.0 Å². The maximum atomic E-state index is 6.68. The summed E-state index contributed by atoms with van der Waals surface area (Å²) in [5.74, 6) is 0.892. The van der Waals surface area contributed by atoms with E-state index in [0.29, 0.717) is 23.8 Å². The molecule has 0 saturated heterocycles. The van der Waals surface area contributed by atoms with Crippen molar-refractivity contribution in [2.45, 2.75) is 0 Å². The van der Waals surface area contributed by atoms with E-state index in [4.69, 9.17) is 19.0 Å². The van der Waals surface area contributed by atoms with Crippen molar-refractivity contribution in [1.29, 1.82) is 0 Å². The normalized spacial score (nSPS) is 11.6. The Kier molecular flexibility index (Phi) is 8.67. The molecule has 4 heterocycles. The van der Waals surface area contributed by atoms with E-state index in [9.17, 15) is 0 Å². The standard InChI is InChI=1S/C58H36N6O2/c1-7-19-37(20-8-1)49-47-35-31-43-44-32-36-48-50(38-21-9-2-10-22-38)52(40-25-13-4-14-26-40)64(58-62-60-56(66-58)42-29-17-6-18-30-42)54(48)46(44)34-33-45(43)53(47)63(51(49)39-23-11-3-12-24-39)57-61-59-55(65-57)41-27-15-5-16-28-41/h1-36H. The van der Waals surface area contributed by atoms with E-state index in [2.05, 4.69) is 165 Å². The zero-order valence-electron chi connectivity index (χ0n) is 35.3. The van der Waals surface area contributed by atoms with E-state index >= 15 is 0 Å². The lowest BCUT2D eigenvalue weighted by Gasteiger charge is -2.12. The van der Waals surface area contributed by atoms with Gasteiger partial charge in [0.15, 0.2) is 0 Å². The number of nitrogens with zero attached hydrogens (tertiary/aromatic N) is 6. The predicted octanol–water partition coefficient (Wildman–Crippen LogP) is 14.6. The van der Waals surface area contributed by atoms with Crippen molar-refractivity contribution in [3.05, 3.63) is 218 Å². The summed E-state index contributed by atoms with van der Waals surface area (Å²) in [6, 6.07) is 76.1. The summed E-state index contributed by atoms with van der Waals surface area (Å²) in [6.45, 7) is 0. The molecule has 310 valence electrons. The minimum atomic E-state index is 0.377. The van der Waals surface area contributed by atoms with Gasteiger partial charge in [-0.05, 0) is 57.3 Å². The van der Waals surface area contributed by atoms with E-state index in [1.165, 1.54) is 0 Å². The molecular formula is C58H36N6O2. The second-order valence-electron chi connectivity index (χ2n) is 16.3. The highest BCUT2D eigenvalue weighted by molar-refractivity contribution is 6.26. The Morgan fingerprint density at radius 3 is 0.894 bits per heavy atom. The molecule has 0 N–H and O–H groups in total. The summed E-state index contributed by atoms with van der Waals surface area (Å²) >= 11 is 0. The van der Waals surface area contributed by atoms with Crippen molar-refractivity contribution in [1.82, 2.24) is 29.5 Å². The summed E-state index contributed by atoms with van der Waals surface area (Å²) < 4.78 is 17.7. The van der Waals surface area contributed by atoms with E-state index in [1.54, 1.807) is 0 Å². The second kappa shape index (κ2) is 15.3. The largest absolute Gasteiger partial charge is 0.403 e. The van der Waals surface area contributed by atoms with Gasteiger partial charge in [0, 0.05) is 43.8 Å². The van der Waals surface area contributed by atoms with Crippen molar-refractivity contribution < 1.29 is 8.83 Å². The Hall–Kier alpha value is -9.14. The Bertz CT molecular complexity index is 3640. The van der Waals surface area contributed by atoms with Crippen LogP contribution < -0.4 is 0 Å². The molecule has 0 atom stereocenters. The molecule has 0 spiro atoms. The topological polar surface area (TPSA) is 87.7 Å². The highest BCUT2D eigenvalue weighted by Crippen LogP contribution is 2.49. The molecule has 8 heteroatoms. The molecule has 0 aliphatic rings. The van der Waals surface area contributed by atoms with Gasteiger partial charge in [0.05, 0.1) is 22.4 Å². The van der Waals surface area contributed by atoms with Crippen LogP contribution in [0.5, 0.6) is 0 Å². The fourth-order valence-corrected chi connectivity index (χ4v) is 9.70. The van der Waals surface area contributed by atoms with Crippen molar-refractivity contribution >= 4 is 43.4 Å². The minimum Gasteiger partial charge on any atom is -0.403 e. The second-order valence-corrected chi connectivity index (χ2v) is 16.3. The Balaban J connectivity index is 1.15. The third kappa shape index (κ3) is 5.93. The van der Waals surface area contributed by atoms with Crippen LogP contribution in [0, 0.1) is 0 Å². The van der Waals surface area contributed by atoms with Gasteiger partial charge in [0.1, 0.15) is 0 Å². The fraction of sp³-hybridized carbons (Fsp3) is 0. The highest BCUT2D eigenvalue weighted by atomic mass is 16.4. The summed E-state index contributed by atoms with van der Waals surface area (Å²) in [5.41, 5.74) is 11.9. The molecule has 9 aromatic carbocycles. The number of hydrogen-bond acceptors (Lipinski definition) is 6. The van der Waals surface area contributed by atoms with Crippen LogP contribution in [0.3, 0.4) is 0 Å². The zero-order chi connectivity index (χ0) is 43.6. The lowest BCUT2D eigenvalue weighted by Crippen LogP contribution is -1.99. The first kappa shape index (κ1) is 37.4. The van der Waals surface area contributed by atoms with Crippen LogP contribution in [0.15, 0.2) is 227 Å². The van der Waals surface area contributed by atoms with Crippen molar-refractivity contribution in [2.24, 2.45) is 0 Å². The first-order valence-electron chi connectivity index (χ1n) is 21.9. The molecule has 0 radical (unpaired) electrons. The van der Waals surface area contributed by atoms with E-state index in [-0.39, 0.29) is 0 Å². The van der Waals surface area contributed by atoms with E-state index in [0.717, 1.165) is 99.2 Å². The summed E-state index contributed by atoms with van der Waals surface area (Å²) in [5, 5.41) is 25.1. The molecule has 13 aromatic rings. The first-order valence-corrected chi connectivity index (χ1v) is 21.9. The molecule has 66 heavy (non-hydrogen) atoms. The average molecular weight is 849 g/mol. The third-order valence-electron chi connectivity index (χ3n) is 12.5. The van der Waals surface area contributed by atoms with Gasteiger partial charge in [-0.3, -0.25) is 9.13 Å². The van der Waals surface area contributed by atoms with Crippen LogP contribution in [0.1, 0.15) is 0 Å². The van der Waals surface area contributed by atoms with Crippen molar-refractivity contribution in [2.75, 3.05) is 0 Å². The first-order chi connectivity index (χ1) is 32.8. The lowest BCUT2D eigenvalue weighted by atomic mass is 9.94. The van der Waals surface area contributed by atoms with Gasteiger partial charge in [-0.1, -0.05) is 204 Å². The van der Waals surface area contributed by atoms with Crippen LogP contribution in [-0.4, -0.2) is 29.5 Å². The number of fused-ring (bicyclic) bond motifs is 7. The molecule has 0 fully saturated rings. The lowest BCUT2D eigenvalue weighted by molar-refractivity contribution is 0.543. The van der Waals surface area contributed by atoms with Crippen LogP contribution in [-0.2, 0) is 0 Å². The molecule has 4 aromatic heterocycles. The summed E-state index contributed by atoms with van der Waals surface area (Å²) in [4.78, 5) is 0. The molecule has 0 saturated carbocycles. The van der Waals surface area contributed by atoms with E-state index < -0.39 is 0 Å². The third-order valence-corrected chi connectivity index (χ3v) is 12.5. The number of hydrogen-bond donors (Lipinski definition) is 0. The highest BCUT2D eigenvalue weighted by Gasteiger charge is 2.29. The van der Waals surface area contributed by atoms with Gasteiger partial charge in [0.25, 0.3) is 0 Å². The maximum absolute atomic E-state index is 6.68. The smallest absolute Gasteiger partial charge is 0.327 e. The zero-order valence-corrected chi connectivity index (χ0v) is 35.3. The SMILES string of the molecule is c1ccc(-c2nnc(-n3c(-c4ccccc4)c(-c4ccccc4)c4ccc5c6ccc7c(-c8ccccc8)c(-c8ccccc8)n(-c8nnc(-c9ccccc9)o8)c7c6ccc5c43)o2)cc1. The van der Waals surface area contributed by atoms with Crippen LogP contribution in [0.2, 0.25) is 0 Å². The molecular weight excluding hydrogens is 813 g/mol. The van der Waals surface area contributed by atoms with Crippen LogP contribution >= 0.6 is 0 Å². The van der Waals surface area contributed by atoms with Gasteiger partial charge in [0.2, 0.25) is 11.8 Å². The van der Waals surface area contributed by atoms with Gasteiger partial charge in [-0.2, -0.15) is 0 Å². The molecule has 0 amide bonds. The summed E-state index contributed by atoms with van der Waals surface area (Å²) in [6.07, 6.45) is 0.